The maximum atomic E-state index is 12.5. The minimum absolute atomic E-state index is 0.297. The number of hydrogen-bond donors (Lipinski definition) is 3. The van der Waals surface area contributed by atoms with Crippen LogP contribution in [0, 0.1) is 5.92 Å². The number of nitrogens with zero attached hydrogens (tertiary/aromatic N) is 6. The van der Waals surface area contributed by atoms with Gasteiger partial charge in [0.05, 0.1) is 19.2 Å². The molecule has 2 aliphatic rings. The highest BCUT2D eigenvalue weighted by Gasteiger charge is 2.24. The number of rotatable bonds is 17. The number of piperidine rings is 1. The Bertz CT molecular complexity index is 1970. The van der Waals surface area contributed by atoms with E-state index in [1.165, 1.54) is 51.9 Å². The van der Waals surface area contributed by atoms with Gasteiger partial charge in [-0.2, -0.15) is 0 Å². The number of urea groups is 1. The summed E-state index contributed by atoms with van der Waals surface area (Å²) in [5, 5.41) is 10.1. The molecular formula is C44H55N9O3. The van der Waals surface area contributed by atoms with Crippen molar-refractivity contribution in [2.24, 2.45) is 5.92 Å². The number of likely N-dealkylation sites (tertiary alicyclic amines) is 1. The number of amides is 2. The van der Waals surface area contributed by atoms with Crippen LogP contribution in [-0.2, 0) is 6.54 Å². The number of methoxy groups -OCH3 is 1. The van der Waals surface area contributed by atoms with Gasteiger partial charge in [0.2, 0.25) is 0 Å². The predicted octanol–water partition coefficient (Wildman–Crippen LogP) is 7.76. The monoisotopic (exact) mass is 757 g/mol. The molecule has 2 aliphatic heterocycles. The van der Waals surface area contributed by atoms with Crippen molar-refractivity contribution < 1.29 is 14.3 Å². The lowest BCUT2D eigenvalue weighted by Gasteiger charge is -2.39. The average Bonchev–Trinajstić information content (AvgIpc) is 3.24. The largest absolute Gasteiger partial charge is 0.493 e. The zero-order valence-corrected chi connectivity index (χ0v) is 32.5. The molecule has 56 heavy (non-hydrogen) atoms. The summed E-state index contributed by atoms with van der Waals surface area (Å²) < 4.78 is 12.0. The fourth-order valence-corrected chi connectivity index (χ4v) is 7.67. The molecule has 12 heteroatoms. The molecule has 0 bridgehead atoms. The molecule has 0 spiro atoms. The third-order valence-corrected chi connectivity index (χ3v) is 10.8. The first kappa shape index (κ1) is 38.8. The molecule has 0 atom stereocenters. The van der Waals surface area contributed by atoms with Crippen molar-refractivity contribution in [2.75, 3.05) is 86.9 Å². The van der Waals surface area contributed by atoms with E-state index in [1.807, 2.05) is 79.0 Å². The maximum absolute atomic E-state index is 12.5. The molecule has 4 heterocycles. The van der Waals surface area contributed by atoms with E-state index in [-0.39, 0.29) is 6.03 Å². The Morgan fingerprint density at radius 3 is 2.34 bits per heavy atom. The van der Waals surface area contributed by atoms with E-state index in [4.69, 9.17) is 9.47 Å². The van der Waals surface area contributed by atoms with Crippen molar-refractivity contribution in [3.05, 3.63) is 103 Å². The number of para-hydroxylation sites is 1. The van der Waals surface area contributed by atoms with E-state index in [1.54, 1.807) is 13.4 Å². The van der Waals surface area contributed by atoms with Crippen molar-refractivity contribution in [3.63, 3.8) is 0 Å². The number of benzene rings is 3. The van der Waals surface area contributed by atoms with Crippen LogP contribution in [-0.4, -0.2) is 96.9 Å². The quantitative estimate of drug-likeness (QED) is 0.0813. The van der Waals surface area contributed by atoms with Crippen LogP contribution in [0.3, 0.4) is 0 Å². The summed E-state index contributed by atoms with van der Waals surface area (Å²) in [6.07, 6.45) is 10.6. The van der Waals surface area contributed by atoms with E-state index in [0.717, 1.165) is 72.9 Å². The van der Waals surface area contributed by atoms with E-state index >= 15 is 0 Å². The van der Waals surface area contributed by atoms with Gasteiger partial charge in [0, 0.05) is 68.3 Å². The van der Waals surface area contributed by atoms with E-state index < -0.39 is 0 Å². The number of pyridine rings is 1. The lowest BCUT2D eigenvalue weighted by molar-refractivity contribution is 0.138. The molecule has 0 saturated carbocycles. The normalized spacial score (nSPS) is 15.4. The molecule has 3 aromatic carbocycles. The third kappa shape index (κ3) is 11.1. The molecule has 0 unspecified atom stereocenters. The summed E-state index contributed by atoms with van der Waals surface area (Å²) in [4.78, 5) is 33.8. The Morgan fingerprint density at radius 1 is 0.750 bits per heavy atom. The second-order valence-corrected chi connectivity index (χ2v) is 14.8. The molecule has 2 amide bonds. The van der Waals surface area contributed by atoms with Crippen LogP contribution in [0.15, 0.2) is 97.5 Å². The molecule has 0 radical (unpaired) electrons. The highest BCUT2D eigenvalue weighted by atomic mass is 16.5. The van der Waals surface area contributed by atoms with Crippen LogP contribution in [0.5, 0.6) is 11.5 Å². The number of carbonyl (C=O) groups is 1. The number of aromatic nitrogens is 3. The van der Waals surface area contributed by atoms with Crippen molar-refractivity contribution in [3.8, 4) is 11.5 Å². The molecule has 2 aromatic heterocycles. The van der Waals surface area contributed by atoms with Crippen LogP contribution >= 0.6 is 0 Å². The Labute approximate surface area is 330 Å². The highest BCUT2D eigenvalue weighted by Crippen LogP contribution is 2.34. The first-order valence-electron chi connectivity index (χ1n) is 20.1. The van der Waals surface area contributed by atoms with Gasteiger partial charge in [0.15, 0.2) is 11.5 Å². The van der Waals surface area contributed by atoms with Crippen molar-refractivity contribution in [1.29, 1.82) is 0 Å². The zero-order valence-electron chi connectivity index (χ0n) is 32.5. The second kappa shape index (κ2) is 19.9. The molecule has 2 fully saturated rings. The molecule has 5 aromatic rings. The molecule has 7 rings (SSSR count). The van der Waals surface area contributed by atoms with Gasteiger partial charge in [-0.15, -0.1) is 0 Å². The number of nitrogens with one attached hydrogen (secondary N) is 3. The topological polar surface area (TPSA) is 120 Å². The number of ether oxygens (including phenoxy) is 2. The number of anilines is 4. The molecule has 2 saturated heterocycles. The van der Waals surface area contributed by atoms with Gasteiger partial charge < -0.3 is 35.2 Å². The number of fused-ring (bicyclic) bond motifs is 1. The van der Waals surface area contributed by atoms with Crippen LogP contribution in [0.25, 0.3) is 10.9 Å². The molecule has 3 N–H and O–H groups in total. The van der Waals surface area contributed by atoms with Gasteiger partial charge in [0.25, 0.3) is 0 Å². The number of carbonyl (C=O) groups excluding carboxylic acids is 1. The highest BCUT2D eigenvalue weighted by molar-refractivity contribution is 5.99. The van der Waals surface area contributed by atoms with Gasteiger partial charge in [-0.25, -0.2) is 19.7 Å². The number of piperazine rings is 1. The SMILES string of the molecule is COc1cc2ncnc(NCc3cccc(NC(=O)Nc4ccccc4)c3)c2cc1OCCCCCCN1CCC(CN2CCN(c3ccccn3)CC2)CC1. The number of unbranched alkanes of at least 4 members (excludes halogenated alkanes) is 3. The van der Waals surface area contributed by atoms with Gasteiger partial charge in [-0.1, -0.05) is 49.2 Å². The number of hydrogen-bond acceptors (Lipinski definition) is 10. The summed E-state index contributed by atoms with van der Waals surface area (Å²) in [5.41, 5.74) is 3.19. The summed E-state index contributed by atoms with van der Waals surface area (Å²) in [5.74, 6) is 3.97. The lowest BCUT2D eigenvalue weighted by atomic mass is 9.95. The predicted molar refractivity (Wildman–Crippen MR) is 225 cm³/mol. The minimum atomic E-state index is -0.297. The summed E-state index contributed by atoms with van der Waals surface area (Å²) >= 11 is 0. The van der Waals surface area contributed by atoms with E-state index in [2.05, 4.69) is 57.7 Å². The van der Waals surface area contributed by atoms with E-state index in [0.29, 0.717) is 36.2 Å². The third-order valence-electron chi connectivity index (χ3n) is 10.8. The smallest absolute Gasteiger partial charge is 0.323 e. The summed E-state index contributed by atoms with van der Waals surface area (Å²) in [6, 6.07) is 26.8. The zero-order chi connectivity index (χ0) is 38.4. The summed E-state index contributed by atoms with van der Waals surface area (Å²) in [7, 11) is 1.66. The van der Waals surface area contributed by atoms with Crippen LogP contribution in [0.4, 0.5) is 27.8 Å². The molecule has 0 aliphatic carbocycles. The van der Waals surface area contributed by atoms with Crippen molar-refractivity contribution in [2.45, 2.75) is 45.1 Å². The van der Waals surface area contributed by atoms with Crippen molar-refractivity contribution >= 4 is 39.9 Å². The van der Waals surface area contributed by atoms with Crippen molar-refractivity contribution in [1.82, 2.24) is 24.8 Å². The Hall–Kier alpha value is -5.46. The maximum Gasteiger partial charge on any atom is 0.323 e. The molecule has 294 valence electrons. The average molecular weight is 758 g/mol. The Morgan fingerprint density at radius 2 is 1.54 bits per heavy atom. The minimum Gasteiger partial charge on any atom is -0.493 e. The van der Waals surface area contributed by atoms with Crippen LogP contribution < -0.4 is 30.3 Å². The second-order valence-electron chi connectivity index (χ2n) is 14.8. The van der Waals surface area contributed by atoms with Crippen LogP contribution in [0.1, 0.15) is 44.1 Å². The first-order chi connectivity index (χ1) is 27.6. The first-order valence-corrected chi connectivity index (χ1v) is 20.1. The van der Waals surface area contributed by atoms with Crippen LogP contribution in [0.2, 0.25) is 0 Å². The van der Waals surface area contributed by atoms with Gasteiger partial charge in [0.1, 0.15) is 18.0 Å². The van der Waals surface area contributed by atoms with Gasteiger partial charge in [-0.3, -0.25) is 4.90 Å². The molecular weight excluding hydrogens is 703 g/mol. The van der Waals surface area contributed by atoms with E-state index in [9.17, 15) is 4.79 Å². The lowest BCUT2D eigenvalue weighted by Crippen LogP contribution is -2.49. The van der Waals surface area contributed by atoms with Gasteiger partial charge >= 0.3 is 6.03 Å². The molecule has 12 nitrogen and oxygen atoms in total. The Kier molecular flexibility index (Phi) is 13.8. The standard InChI is InChI=1S/C44H55N9O3/c1-55-40-30-39-38(43(48-33-47-39)46-31-35-12-11-15-37(28-35)50-44(54)49-36-13-5-4-6-14-36)29-41(40)56-27-10-3-2-9-20-51-21-17-34(18-22-51)32-52-23-25-53(26-24-52)42-16-7-8-19-45-42/h4-8,11-16,19,28-30,33-34H,2-3,9-10,17-18,20-27,31-32H2,1H3,(H,46,47,48)(H2,49,50,54). The Balaban J connectivity index is 0.804. The fourth-order valence-electron chi connectivity index (χ4n) is 7.67. The summed E-state index contributed by atoms with van der Waals surface area (Å²) in [6.45, 7) is 10.4. The fraction of sp³-hybridized carbons (Fsp3) is 0.409. The van der Waals surface area contributed by atoms with Gasteiger partial charge in [-0.05, 0) is 99.3 Å².